The standard InChI is InChI=1S/C23H21ClF6N2O3/c1-12-7-13(3-4-18(12)24)17-11-32(21(34)35)6-5-19(17)31(2)20(33)14-8-15(22(25,26)27)10-16(9-14)23(28,29)30/h3-4,7-10,17,19H,5-6,11H2,1-2H3,(H,34,35)/t17-,19+/m0/s1. The number of rotatable bonds is 3. The zero-order chi connectivity index (χ0) is 26.3. The van der Waals surface area contributed by atoms with Crippen molar-refractivity contribution in [1.82, 2.24) is 9.80 Å². The maximum absolute atomic E-state index is 13.3. The number of nitrogens with zero attached hydrogens (tertiary/aromatic N) is 2. The van der Waals surface area contributed by atoms with Gasteiger partial charge in [0, 0.05) is 42.7 Å². The first-order valence-electron chi connectivity index (χ1n) is 10.4. The fourth-order valence-electron chi connectivity index (χ4n) is 4.24. The number of hydrogen-bond donors (Lipinski definition) is 1. The normalized spacial score (nSPS) is 18.9. The molecule has 1 aliphatic rings. The molecule has 0 saturated carbocycles. The van der Waals surface area contributed by atoms with Crippen molar-refractivity contribution in [3.8, 4) is 0 Å². The van der Waals surface area contributed by atoms with E-state index < -0.39 is 53.0 Å². The Bertz CT molecular complexity index is 1100. The number of halogens is 7. The van der Waals surface area contributed by atoms with E-state index in [1.807, 2.05) is 0 Å². The molecule has 0 unspecified atom stereocenters. The fourth-order valence-corrected chi connectivity index (χ4v) is 4.35. The van der Waals surface area contributed by atoms with E-state index in [4.69, 9.17) is 11.6 Å². The molecule has 35 heavy (non-hydrogen) atoms. The van der Waals surface area contributed by atoms with E-state index in [0.717, 1.165) is 9.80 Å². The van der Waals surface area contributed by atoms with Crippen molar-refractivity contribution in [2.75, 3.05) is 20.1 Å². The minimum Gasteiger partial charge on any atom is -0.465 e. The third-order valence-electron chi connectivity index (χ3n) is 6.11. The molecule has 2 aromatic carbocycles. The lowest BCUT2D eigenvalue weighted by atomic mass is 9.84. The lowest BCUT2D eigenvalue weighted by Crippen LogP contribution is -2.51. The summed E-state index contributed by atoms with van der Waals surface area (Å²) in [6.07, 6.45) is -11.2. The van der Waals surface area contributed by atoms with Crippen LogP contribution in [-0.2, 0) is 12.4 Å². The maximum atomic E-state index is 13.3. The van der Waals surface area contributed by atoms with Crippen LogP contribution in [0, 0.1) is 6.92 Å². The molecule has 2 atom stereocenters. The summed E-state index contributed by atoms with van der Waals surface area (Å²) in [5.41, 5.74) is -2.61. The lowest BCUT2D eigenvalue weighted by Gasteiger charge is -2.42. The molecule has 3 rings (SSSR count). The highest BCUT2D eigenvalue weighted by Crippen LogP contribution is 2.38. The average Bonchev–Trinajstić information content (AvgIpc) is 2.78. The Labute approximate surface area is 201 Å². The van der Waals surface area contributed by atoms with Gasteiger partial charge in [-0.05, 0) is 48.7 Å². The molecule has 190 valence electrons. The van der Waals surface area contributed by atoms with E-state index in [1.165, 1.54) is 7.05 Å². The predicted molar refractivity (Wildman–Crippen MR) is 115 cm³/mol. The summed E-state index contributed by atoms with van der Waals surface area (Å²) in [6.45, 7) is 1.75. The monoisotopic (exact) mass is 522 g/mol. The Morgan fingerprint density at radius 2 is 1.60 bits per heavy atom. The Hall–Kier alpha value is -2.95. The largest absolute Gasteiger partial charge is 0.465 e. The summed E-state index contributed by atoms with van der Waals surface area (Å²) in [7, 11) is 1.28. The van der Waals surface area contributed by atoms with Crippen LogP contribution in [0.25, 0.3) is 0 Å². The highest BCUT2D eigenvalue weighted by molar-refractivity contribution is 6.31. The molecule has 1 saturated heterocycles. The molecule has 0 spiro atoms. The van der Waals surface area contributed by atoms with Gasteiger partial charge >= 0.3 is 18.4 Å². The number of likely N-dealkylation sites (tertiary alicyclic amines) is 1. The van der Waals surface area contributed by atoms with E-state index in [1.54, 1.807) is 25.1 Å². The summed E-state index contributed by atoms with van der Waals surface area (Å²) in [5.74, 6) is -1.62. The lowest BCUT2D eigenvalue weighted by molar-refractivity contribution is -0.143. The van der Waals surface area contributed by atoms with Crippen molar-refractivity contribution >= 4 is 23.6 Å². The second-order valence-electron chi connectivity index (χ2n) is 8.41. The van der Waals surface area contributed by atoms with E-state index in [-0.39, 0.29) is 25.6 Å². The van der Waals surface area contributed by atoms with Crippen molar-refractivity contribution in [3.63, 3.8) is 0 Å². The van der Waals surface area contributed by atoms with E-state index in [0.29, 0.717) is 28.3 Å². The highest BCUT2D eigenvalue weighted by atomic mass is 35.5. The van der Waals surface area contributed by atoms with E-state index >= 15 is 0 Å². The van der Waals surface area contributed by atoms with Crippen molar-refractivity contribution < 1.29 is 41.0 Å². The number of benzene rings is 2. The Morgan fingerprint density at radius 3 is 2.09 bits per heavy atom. The summed E-state index contributed by atoms with van der Waals surface area (Å²) in [6, 6.07) is 5.03. The van der Waals surface area contributed by atoms with Crippen LogP contribution in [0.4, 0.5) is 31.1 Å². The molecule has 0 radical (unpaired) electrons. The smallest absolute Gasteiger partial charge is 0.416 e. The second kappa shape index (κ2) is 9.60. The van der Waals surface area contributed by atoms with Gasteiger partial charge in [-0.3, -0.25) is 4.79 Å². The quantitative estimate of drug-likeness (QED) is 0.482. The van der Waals surface area contributed by atoms with Crippen LogP contribution >= 0.6 is 11.6 Å². The summed E-state index contributed by atoms with van der Waals surface area (Å²) in [4.78, 5) is 26.9. The molecule has 0 bridgehead atoms. The van der Waals surface area contributed by atoms with E-state index in [2.05, 4.69) is 0 Å². The number of hydrogen-bond acceptors (Lipinski definition) is 2. The zero-order valence-electron chi connectivity index (χ0n) is 18.5. The molecule has 12 heteroatoms. The molecule has 5 nitrogen and oxygen atoms in total. The van der Waals surface area contributed by atoms with Crippen LogP contribution in [-0.4, -0.2) is 53.1 Å². The molecular formula is C23H21ClF6N2O3. The Morgan fingerprint density at radius 1 is 1.03 bits per heavy atom. The fraction of sp³-hybridized carbons (Fsp3) is 0.391. The van der Waals surface area contributed by atoms with Gasteiger partial charge in [0.15, 0.2) is 0 Å². The summed E-state index contributed by atoms with van der Waals surface area (Å²) < 4.78 is 79.6. The topological polar surface area (TPSA) is 60.9 Å². The molecular weight excluding hydrogens is 502 g/mol. The average molecular weight is 523 g/mol. The number of piperidine rings is 1. The molecule has 2 aromatic rings. The minimum atomic E-state index is -5.09. The molecule has 1 fully saturated rings. The first-order chi connectivity index (χ1) is 16.1. The van der Waals surface area contributed by atoms with Gasteiger partial charge in [0.2, 0.25) is 0 Å². The van der Waals surface area contributed by atoms with E-state index in [9.17, 15) is 41.0 Å². The molecule has 0 aromatic heterocycles. The number of amides is 2. The van der Waals surface area contributed by atoms with Gasteiger partial charge in [-0.15, -0.1) is 0 Å². The highest BCUT2D eigenvalue weighted by Gasteiger charge is 2.40. The van der Waals surface area contributed by atoms with Gasteiger partial charge in [-0.1, -0.05) is 23.7 Å². The van der Waals surface area contributed by atoms with Gasteiger partial charge < -0.3 is 14.9 Å². The number of aryl methyl sites for hydroxylation is 1. The second-order valence-corrected chi connectivity index (χ2v) is 8.82. The van der Waals surface area contributed by atoms with Gasteiger partial charge in [0.25, 0.3) is 5.91 Å². The molecule has 2 amide bonds. The Kier molecular flexibility index (Phi) is 7.31. The van der Waals surface area contributed by atoms with Crippen molar-refractivity contribution in [3.05, 3.63) is 69.2 Å². The van der Waals surface area contributed by atoms with Crippen LogP contribution < -0.4 is 0 Å². The van der Waals surface area contributed by atoms with Crippen molar-refractivity contribution in [1.29, 1.82) is 0 Å². The molecule has 1 aliphatic heterocycles. The Balaban J connectivity index is 2.02. The summed E-state index contributed by atoms with van der Waals surface area (Å²) in [5, 5.41) is 9.90. The van der Waals surface area contributed by atoms with Crippen molar-refractivity contribution in [2.45, 2.75) is 37.7 Å². The van der Waals surface area contributed by atoms with Gasteiger partial charge in [0.1, 0.15) is 0 Å². The zero-order valence-corrected chi connectivity index (χ0v) is 19.3. The first-order valence-corrected chi connectivity index (χ1v) is 10.8. The number of carboxylic acid groups (broad SMARTS) is 1. The van der Waals surface area contributed by atoms with Crippen LogP contribution in [0.5, 0.6) is 0 Å². The van der Waals surface area contributed by atoms with Crippen LogP contribution in [0.15, 0.2) is 36.4 Å². The van der Waals surface area contributed by atoms with Crippen LogP contribution in [0.3, 0.4) is 0 Å². The van der Waals surface area contributed by atoms with Crippen LogP contribution in [0.2, 0.25) is 5.02 Å². The molecule has 1 N–H and O–H groups in total. The number of carbonyl (C=O) groups excluding carboxylic acids is 1. The predicted octanol–water partition coefficient (Wildman–Crippen LogP) is 6.29. The van der Waals surface area contributed by atoms with Gasteiger partial charge in [-0.25, -0.2) is 4.79 Å². The molecule has 1 heterocycles. The third-order valence-corrected chi connectivity index (χ3v) is 6.53. The van der Waals surface area contributed by atoms with Crippen molar-refractivity contribution in [2.24, 2.45) is 0 Å². The van der Waals surface area contributed by atoms with Gasteiger partial charge in [0.05, 0.1) is 11.1 Å². The number of alkyl halides is 6. The number of carbonyl (C=O) groups is 2. The van der Waals surface area contributed by atoms with Crippen LogP contribution in [0.1, 0.15) is 45.0 Å². The first kappa shape index (κ1) is 26.7. The summed E-state index contributed by atoms with van der Waals surface area (Å²) >= 11 is 6.08. The third kappa shape index (κ3) is 5.83. The maximum Gasteiger partial charge on any atom is 0.416 e. The molecule has 0 aliphatic carbocycles. The van der Waals surface area contributed by atoms with Gasteiger partial charge in [-0.2, -0.15) is 26.3 Å². The minimum absolute atomic E-state index is 0.0188. The SMILES string of the molecule is Cc1cc([C@@H]2CN(C(=O)O)CC[C@H]2N(C)C(=O)c2cc(C(F)(F)F)cc(C(F)(F)F)c2)ccc1Cl. The number of likely N-dealkylation sites (N-methyl/N-ethyl adjacent to an activating group) is 1.